The number of fused-ring (bicyclic) bond motifs is 1. The second-order valence-corrected chi connectivity index (χ2v) is 6.09. The van der Waals surface area contributed by atoms with Crippen LogP contribution in [0.4, 0.5) is 4.79 Å². The Hall–Kier alpha value is -2.89. The zero-order valence-corrected chi connectivity index (χ0v) is 15.1. The highest BCUT2D eigenvalue weighted by atomic mass is 16.5. The topological polar surface area (TPSA) is 68.8 Å². The molecule has 1 atom stereocenters. The van der Waals surface area contributed by atoms with Crippen LogP contribution in [-0.2, 0) is 13.0 Å². The van der Waals surface area contributed by atoms with Gasteiger partial charge >= 0.3 is 6.03 Å². The molecule has 0 radical (unpaired) electrons. The van der Waals surface area contributed by atoms with Gasteiger partial charge in [0, 0.05) is 6.54 Å². The largest absolute Gasteiger partial charge is 0.497 e. The van der Waals surface area contributed by atoms with Crippen LogP contribution in [0.15, 0.2) is 42.5 Å². The van der Waals surface area contributed by atoms with Crippen LogP contribution in [-0.4, -0.2) is 32.4 Å². The van der Waals surface area contributed by atoms with Crippen LogP contribution in [0.5, 0.6) is 17.2 Å². The maximum Gasteiger partial charge on any atom is 0.315 e. The van der Waals surface area contributed by atoms with Crippen molar-refractivity contribution in [3.05, 3.63) is 53.6 Å². The Morgan fingerprint density at radius 2 is 1.96 bits per heavy atom. The zero-order chi connectivity index (χ0) is 18.4. The normalized spacial score (nSPS) is 15.4. The molecule has 0 aliphatic carbocycles. The molecule has 6 nitrogen and oxygen atoms in total. The molecule has 0 bridgehead atoms. The van der Waals surface area contributed by atoms with Gasteiger partial charge in [-0.25, -0.2) is 4.79 Å². The number of hydrogen-bond acceptors (Lipinski definition) is 4. The molecule has 2 aromatic rings. The first-order chi connectivity index (χ1) is 12.7. The Kier molecular flexibility index (Phi) is 5.84. The van der Waals surface area contributed by atoms with Gasteiger partial charge in [0.25, 0.3) is 0 Å². The van der Waals surface area contributed by atoms with Crippen LogP contribution in [0.3, 0.4) is 0 Å². The molecule has 2 amide bonds. The van der Waals surface area contributed by atoms with Crippen molar-refractivity contribution in [3.63, 3.8) is 0 Å². The molecular formula is C20H24N2O4. The summed E-state index contributed by atoms with van der Waals surface area (Å²) in [4.78, 5) is 12.2. The van der Waals surface area contributed by atoms with Gasteiger partial charge in [0.1, 0.15) is 23.9 Å². The number of amides is 2. The predicted molar refractivity (Wildman–Crippen MR) is 99.0 cm³/mol. The third kappa shape index (κ3) is 4.59. The van der Waals surface area contributed by atoms with E-state index in [1.54, 1.807) is 7.11 Å². The average molecular weight is 356 g/mol. The summed E-state index contributed by atoms with van der Waals surface area (Å²) >= 11 is 0. The summed E-state index contributed by atoms with van der Waals surface area (Å²) in [6.45, 7) is 3.49. The van der Waals surface area contributed by atoms with Crippen molar-refractivity contribution >= 4 is 6.03 Å². The summed E-state index contributed by atoms with van der Waals surface area (Å²) in [5.41, 5.74) is 2.05. The van der Waals surface area contributed by atoms with Crippen LogP contribution < -0.4 is 24.8 Å². The number of rotatable bonds is 6. The van der Waals surface area contributed by atoms with Crippen molar-refractivity contribution in [1.82, 2.24) is 10.6 Å². The molecule has 0 saturated heterocycles. The van der Waals surface area contributed by atoms with Gasteiger partial charge in [-0.3, -0.25) is 0 Å². The highest BCUT2D eigenvalue weighted by Crippen LogP contribution is 2.28. The van der Waals surface area contributed by atoms with Crippen molar-refractivity contribution in [2.75, 3.05) is 20.3 Å². The summed E-state index contributed by atoms with van der Waals surface area (Å²) in [6, 6.07) is 13.1. The van der Waals surface area contributed by atoms with E-state index in [0.29, 0.717) is 26.2 Å². The number of nitrogens with one attached hydrogen (secondary N) is 2. The molecule has 2 N–H and O–H groups in total. The zero-order valence-electron chi connectivity index (χ0n) is 15.1. The van der Waals surface area contributed by atoms with Gasteiger partial charge in [0.2, 0.25) is 0 Å². The van der Waals surface area contributed by atoms with E-state index in [2.05, 4.69) is 10.6 Å². The number of ether oxygens (including phenoxy) is 3. The average Bonchev–Trinajstić information content (AvgIpc) is 2.67. The molecule has 1 heterocycles. The highest BCUT2D eigenvalue weighted by molar-refractivity contribution is 5.74. The van der Waals surface area contributed by atoms with E-state index in [1.165, 1.54) is 0 Å². The van der Waals surface area contributed by atoms with Gasteiger partial charge in [0.15, 0.2) is 0 Å². The van der Waals surface area contributed by atoms with Gasteiger partial charge < -0.3 is 24.8 Å². The van der Waals surface area contributed by atoms with Gasteiger partial charge in [-0.1, -0.05) is 12.1 Å². The molecule has 2 aromatic carbocycles. The first-order valence-corrected chi connectivity index (χ1v) is 8.73. The van der Waals surface area contributed by atoms with Crippen molar-refractivity contribution in [1.29, 1.82) is 0 Å². The second kappa shape index (κ2) is 8.47. The molecule has 1 aliphatic rings. The highest BCUT2D eigenvalue weighted by Gasteiger charge is 2.21. The minimum Gasteiger partial charge on any atom is -0.497 e. The lowest BCUT2D eigenvalue weighted by molar-refractivity contribution is 0.214. The van der Waals surface area contributed by atoms with E-state index in [0.717, 1.165) is 28.4 Å². The molecule has 0 spiro atoms. The van der Waals surface area contributed by atoms with Crippen LogP contribution in [0, 0.1) is 0 Å². The van der Waals surface area contributed by atoms with Gasteiger partial charge in [-0.15, -0.1) is 0 Å². The first kappa shape index (κ1) is 17.9. The maximum atomic E-state index is 12.2. The summed E-state index contributed by atoms with van der Waals surface area (Å²) < 4.78 is 16.4. The van der Waals surface area contributed by atoms with Gasteiger partial charge in [0.05, 0.1) is 19.8 Å². The third-order valence-corrected chi connectivity index (χ3v) is 4.20. The Balaban J connectivity index is 1.49. The predicted octanol–water partition coefficient (Wildman–Crippen LogP) is 2.90. The standard InChI is InChI=1S/C20H24N2O4/c1-3-25-17-6-4-14(5-7-17)12-21-20(23)22-16-10-15-11-18(24-2)8-9-19(15)26-13-16/h4-9,11,16H,3,10,12-13H2,1-2H3,(H2,21,22,23)/t16-/m0/s1. The van der Waals surface area contributed by atoms with E-state index >= 15 is 0 Å². The molecule has 26 heavy (non-hydrogen) atoms. The number of urea groups is 1. The first-order valence-electron chi connectivity index (χ1n) is 8.73. The van der Waals surface area contributed by atoms with Crippen molar-refractivity contribution in [2.45, 2.75) is 25.9 Å². The van der Waals surface area contributed by atoms with Crippen LogP contribution in [0.2, 0.25) is 0 Å². The SMILES string of the molecule is CCOc1ccc(CNC(=O)N[C@@H]2COc3ccc(OC)cc3C2)cc1. The maximum absolute atomic E-state index is 12.2. The second-order valence-electron chi connectivity index (χ2n) is 6.09. The lowest BCUT2D eigenvalue weighted by Gasteiger charge is -2.26. The molecule has 0 fully saturated rings. The van der Waals surface area contributed by atoms with Crippen molar-refractivity contribution < 1.29 is 19.0 Å². The molecule has 3 rings (SSSR count). The fraction of sp³-hybridized carbons (Fsp3) is 0.350. The summed E-state index contributed by atoms with van der Waals surface area (Å²) in [7, 11) is 1.63. The molecule has 0 unspecified atom stereocenters. The minimum atomic E-state index is -0.209. The van der Waals surface area contributed by atoms with Crippen molar-refractivity contribution in [2.24, 2.45) is 0 Å². The van der Waals surface area contributed by atoms with E-state index < -0.39 is 0 Å². The fourth-order valence-corrected chi connectivity index (χ4v) is 2.88. The number of carbonyl (C=O) groups excluding carboxylic acids is 1. The summed E-state index contributed by atoms with van der Waals surface area (Å²) in [5, 5.41) is 5.83. The van der Waals surface area contributed by atoms with Crippen LogP contribution in [0.1, 0.15) is 18.1 Å². The van der Waals surface area contributed by atoms with E-state index in [-0.39, 0.29) is 12.1 Å². The quantitative estimate of drug-likeness (QED) is 0.835. The number of methoxy groups -OCH3 is 1. The Morgan fingerprint density at radius 3 is 2.69 bits per heavy atom. The number of benzene rings is 2. The molecule has 138 valence electrons. The lowest BCUT2D eigenvalue weighted by atomic mass is 10.0. The molecule has 1 aliphatic heterocycles. The lowest BCUT2D eigenvalue weighted by Crippen LogP contribution is -2.47. The van der Waals surface area contributed by atoms with Crippen molar-refractivity contribution in [3.8, 4) is 17.2 Å². The fourth-order valence-electron chi connectivity index (χ4n) is 2.88. The number of hydrogen-bond donors (Lipinski definition) is 2. The molecule has 6 heteroatoms. The van der Waals surface area contributed by atoms with E-state index in [4.69, 9.17) is 14.2 Å². The smallest absolute Gasteiger partial charge is 0.315 e. The van der Waals surface area contributed by atoms with Crippen LogP contribution in [0.25, 0.3) is 0 Å². The Bertz CT molecular complexity index is 746. The monoisotopic (exact) mass is 356 g/mol. The van der Waals surface area contributed by atoms with Gasteiger partial charge in [-0.05, 0) is 54.8 Å². The third-order valence-electron chi connectivity index (χ3n) is 4.20. The number of carbonyl (C=O) groups is 1. The Morgan fingerprint density at radius 1 is 1.19 bits per heavy atom. The summed E-state index contributed by atoms with van der Waals surface area (Å²) in [6.07, 6.45) is 0.711. The minimum absolute atomic E-state index is 0.0741. The van der Waals surface area contributed by atoms with E-state index in [9.17, 15) is 4.79 Å². The molecule has 0 saturated carbocycles. The molecular weight excluding hydrogens is 332 g/mol. The van der Waals surface area contributed by atoms with E-state index in [1.807, 2.05) is 49.4 Å². The van der Waals surface area contributed by atoms with Crippen LogP contribution >= 0.6 is 0 Å². The molecule has 0 aromatic heterocycles. The Labute approximate surface area is 153 Å². The summed E-state index contributed by atoms with van der Waals surface area (Å²) in [5.74, 6) is 2.46. The van der Waals surface area contributed by atoms with Gasteiger partial charge in [-0.2, -0.15) is 0 Å².